The van der Waals surface area contributed by atoms with Gasteiger partial charge in [0, 0.05) is 20.1 Å². The summed E-state index contributed by atoms with van der Waals surface area (Å²) in [4.78, 5) is 15.1. The van der Waals surface area contributed by atoms with E-state index in [0.29, 0.717) is 38.5 Å². The second-order valence-electron chi connectivity index (χ2n) is 3.79. The molecule has 0 radical (unpaired) electrons. The van der Waals surface area contributed by atoms with Gasteiger partial charge in [0.2, 0.25) is 5.88 Å². The number of pyridine rings is 1. The van der Waals surface area contributed by atoms with Gasteiger partial charge in [0.05, 0.1) is 31.7 Å². The lowest BCUT2D eigenvalue weighted by Crippen LogP contribution is -2.15. The Labute approximate surface area is 111 Å². The molecule has 4 N–H and O–H groups in total. The average molecular weight is 269 g/mol. The van der Waals surface area contributed by atoms with E-state index in [1.54, 1.807) is 7.11 Å². The van der Waals surface area contributed by atoms with E-state index in [1.807, 2.05) is 0 Å². The summed E-state index contributed by atoms with van der Waals surface area (Å²) in [5.74, 6) is -0.426. The molecule has 19 heavy (non-hydrogen) atoms. The summed E-state index contributed by atoms with van der Waals surface area (Å²) in [6.45, 7) is 2.03. The van der Waals surface area contributed by atoms with Crippen molar-refractivity contribution in [3.05, 3.63) is 17.8 Å². The first kappa shape index (κ1) is 15.2. The molecule has 1 aromatic heterocycles. The highest BCUT2D eigenvalue weighted by Gasteiger charge is 2.11. The monoisotopic (exact) mass is 269 g/mol. The van der Waals surface area contributed by atoms with Gasteiger partial charge in [-0.15, -0.1) is 0 Å². The highest BCUT2D eigenvalue weighted by Crippen LogP contribution is 2.17. The Morgan fingerprint density at radius 3 is 2.79 bits per heavy atom. The average Bonchev–Trinajstić information content (AvgIpc) is 2.39. The molecule has 0 atom stereocenters. The molecule has 0 saturated heterocycles. The largest absolute Gasteiger partial charge is 0.477 e. The molecule has 1 aromatic rings. The molecule has 1 rings (SSSR count). The molecule has 0 bridgehead atoms. The van der Waals surface area contributed by atoms with E-state index >= 15 is 0 Å². The fraction of sp³-hybridized carbons (Fsp3) is 0.500. The zero-order valence-electron chi connectivity index (χ0n) is 10.9. The molecule has 7 nitrogen and oxygen atoms in total. The maximum absolute atomic E-state index is 11.2. The van der Waals surface area contributed by atoms with Crippen LogP contribution in [0.4, 0.5) is 5.69 Å². The van der Waals surface area contributed by atoms with E-state index in [1.165, 1.54) is 12.3 Å². The van der Waals surface area contributed by atoms with Crippen molar-refractivity contribution in [1.82, 2.24) is 4.98 Å². The number of anilines is 1. The summed E-state index contributed by atoms with van der Waals surface area (Å²) in [6.07, 6.45) is 2.09. The highest BCUT2D eigenvalue weighted by molar-refractivity contribution is 5.95. The Balaban J connectivity index is 2.35. The maximum Gasteiger partial charge on any atom is 0.254 e. The van der Waals surface area contributed by atoms with Crippen molar-refractivity contribution in [2.75, 3.05) is 39.3 Å². The molecule has 106 valence electrons. The van der Waals surface area contributed by atoms with Gasteiger partial charge in [-0.1, -0.05) is 0 Å². The molecule has 1 heterocycles. The lowest BCUT2D eigenvalue weighted by atomic mass is 10.2. The first-order valence-electron chi connectivity index (χ1n) is 5.90. The third-order valence-electron chi connectivity index (χ3n) is 2.24. The van der Waals surface area contributed by atoms with Gasteiger partial charge in [-0.05, 0) is 6.07 Å². The van der Waals surface area contributed by atoms with Gasteiger partial charge in [0.25, 0.3) is 5.91 Å². The maximum atomic E-state index is 11.2. The van der Waals surface area contributed by atoms with Gasteiger partial charge in [0.1, 0.15) is 5.56 Å². The van der Waals surface area contributed by atoms with Crippen LogP contribution >= 0.6 is 0 Å². The third kappa shape index (κ3) is 5.54. The second-order valence-corrected chi connectivity index (χ2v) is 3.79. The molecule has 0 aliphatic carbocycles. The van der Waals surface area contributed by atoms with Crippen LogP contribution in [-0.2, 0) is 9.47 Å². The Morgan fingerprint density at radius 2 is 2.11 bits per heavy atom. The van der Waals surface area contributed by atoms with Crippen LogP contribution in [0.3, 0.4) is 0 Å². The van der Waals surface area contributed by atoms with Crippen LogP contribution in [0.5, 0.6) is 5.88 Å². The number of nitrogens with two attached hydrogens (primary N) is 2. The fourth-order valence-electron chi connectivity index (χ4n) is 1.33. The van der Waals surface area contributed by atoms with Crippen molar-refractivity contribution >= 4 is 11.6 Å². The molecule has 0 aliphatic heterocycles. The minimum atomic E-state index is -0.619. The summed E-state index contributed by atoms with van der Waals surface area (Å²) in [5.41, 5.74) is 11.3. The van der Waals surface area contributed by atoms with Gasteiger partial charge in [0.15, 0.2) is 0 Å². The number of amides is 1. The van der Waals surface area contributed by atoms with Crippen molar-refractivity contribution in [1.29, 1.82) is 0 Å². The number of hydrogen-bond donors (Lipinski definition) is 2. The number of nitrogens with zero attached hydrogens (tertiary/aromatic N) is 1. The predicted molar refractivity (Wildman–Crippen MR) is 70.0 cm³/mol. The van der Waals surface area contributed by atoms with Crippen molar-refractivity contribution in [3.63, 3.8) is 0 Å². The highest BCUT2D eigenvalue weighted by atomic mass is 16.5. The first-order valence-corrected chi connectivity index (χ1v) is 5.90. The SMILES string of the molecule is COCCOCCCOc1ncc(N)cc1C(N)=O. The van der Waals surface area contributed by atoms with Crippen molar-refractivity contribution in [2.45, 2.75) is 6.42 Å². The minimum Gasteiger partial charge on any atom is -0.477 e. The Bertz CT molecular complexity index is 412. The molecule has 0 fully saturated rings. The summed E-state index contributed by atoms with van der Waals surface area (Å²) in [6, 6.07) is 1.44. The standard InChI is InChI=1S/C12H19N3O4/c1-17-5-6-18-3-2-4-19-12-10(11(14)16)7-9(13)8-15-12/h7-8H,2-6,13H2,1H3,(H2,14,16). The number of aromatic nitrogens is 1. The van der Waals surface area contributed by atoms with Gasteiger partial charge in [-0.2, -0.15) is 0 Å². The number of rotatable bonds is 9. The van der Waals surface area contributed by atoms with Gasteiger partial charge in [-0.3, -0.25) is 4.79 Å². The quantitative estimate of drug-likeness (QED) is 0.619. The lowest BCUT2D eigenvalue weighted by molar-refractivity contribution is 0.0641. The number of hydrogen-bond acceptors (Lipinski definition) is 6. The van der Waals surface area contributed by atoms with E-state index < -0.39 is 5.91 Å². The Kier molecular flexibility index (Phi) is 6.62. The second kappa shape index (κ2) is 8.28. The van der Waals surface area contributed by atoms with E-state index in [0.717, 1.165) is 0 Å². The van der Waals surface area contributed by atoms with Crippen molar-refractivity contribution in [2.24, 2.45) is 5.73 Å². The van der Waals surface area contributed by atoms with Crippen LogP contribution in [0.2, 0.25) is 0 Å². The van der Waals surface area contributed by atoms with E-state index in [9.17, 15) is 4.79 Å². The van der Waals surface area contributed by atoms with E-state index in [2.05, 4.69) is 4.98 Å². The van der Waals surface area contributed by atoms with Crippen LogP contribution in [0.15, 0.2) is 12.3 Å². The first-order chi connectivity index (χ1) is 9.15. The summed E-state index contributed by atoms with van der Waals surface area (Å²) in [5, 5.41) is 0. The van der Waals surface area contributed by atoms with Crippen LogP contribution < -0.4 is 16.2 Å². The summed E-state index contributed by atoms with van der Waals surface area (Å²) in [7, 11) is 1.62. The number of nitrogen functional groups attached to an aromatic ring is 1. The van der Waals surface area contributed by atoms with Gasteiger partial charge in [-0.25, -0.2) is 4.98 Å². The number of carbonyl (C=O) groups excluding carboxylic acids is 1. The van der Waals surface area contributed by atoms with E-state index in [-0.39, 0.29) is 11.4 Å². The number of primary amides is 1. The molecular formula is C12H19N3O4. The molecule has 0 unspecified atom stereocenters. The minimum absolute atomic E-state index is 0.181. The van der Waals surface area contributed by atoms with Crippen LogP contribution in [0.25, 0.3) is 0 Å². The van der Waals surface area contributed by atoms with Crippen LogP contribution in [0.1, 0.15) is 16.8 Å². The van der Waals surface area contributed by atoms with Crippen LogP contribution in [-0.4, -0.2) is 44.4 Å². The van der Waals surface area contributed by atoms with Gasteiger partial charge < -0.3 is 25.7 Å². The molecule has 0 spiro atoms. The topological polar surface area (TPSA) is 110 Å². The fourth-order valence-corrected chi connectivity index (χ4v) is 1.33. The number of carbonyl (C=O) groups is 1. The number of methoxy groups -OCH3 is 1. The molecule has 0 saturated carbocycles. The summed E-state index contributed by atoms with van der Waals surface area (Å²) < 4.78 is 15.5. The zero-order valence-corrected chi connectivity index (χ0v) is 10.9. The van der Waals surface area contributed by atoms with Crippen molar-refractivity contribution in [3.8, 4) is 5.88 Å². The normalized spacial score (nSPS) is 10.4. The van der Waals surface area contributed by atoms with Gasteiger partial charge >= 0.3 is 0 Å². The smallest absolute Gasteiger partial charge is 0.254 e. The van der Waals surface area contributed by atoms with Crippen LogP contribution in [0, 0.1) is 0 Å². The lowest BCUT2D eigenvalue weighted by Gasteiger charge is -2.09. The summed E-state index contributed by atoms with van der Waals surface area (Å²) >= 11 is 0. The molecule has 1 amide bonds. The number of ether oxygens (including phenoxy) is 3. The molecule has 7 heteroatoms. The van der Waals surface area contributed by atoms with Crippen molar-refractivity contribution < 1.29 is 19.0 Å². The Hall–Kier alpha value is -1.86. The Morgan fingerprint density at radius 1 is 1.32 bits per heavy atom. The molecule has 0 aliphatic rings. The van der Waals surface area contributed by atoms with E-state index in [4.69, 9.17) is 25.7 Å². The molecule has 0 aromatic carbocycles. The third-order valence-corrected chi connectivity index (χ3v) is 2.24. The predicted octanol–water partition coefficient (Wildman–Crippen LogP) is 0.195. The molecular weight excluding hydrogens is 250 g/mol. The zero-order chi connectivity index (χ0) is 14.1.